The van der Waals surface area contributed by atoms with Crippen LogP contribution in [0.5, 0.6) is 0 Å². The van der Waals surface area contributed by atoms with Gasteiger partial charge in [-0.2, -0.15) is 0 Å². The summed E-state index contributed by atoms with van der Waals surface area (Å²) in [5, 5.41) is 6.52. The molecule has 0 atom stereocenters. The van der Waals surface area contributed by atoms with Crippen molar-refractivity contribution in [3.8, 4) is 0 Å². The summed E-state index contributed by atoms with van der Waals surface area (Å²) in [6, 6.07) is 6.88. The minimum absolute atomic E-state index is 0. The number of halogens is 2. The van der Waals surface area contributed by atoms with Crippen LogP contribution in [0.1, 0.15) is 31.7 Å². The summed E-state index contributed by atoms with van der Waals surface area (Å²) in [4.78, 5) is 21.4. The van der Waals surface area contributed by atoms with Crippen LogP contribution in [0.25, 0.3) is 0 Å². The van der Waals surface area contributed by atoms with Crippen molar-refractivity contribution < 1.29 is 9.18 Å². The van der Waals surface area contributed by atoms with Crippen LogP contribution in [0, 0.1) is 11.7 Å². The second kappa shape index (κ2) is 13.1. The summed E-state index contributed by atoms with van der Waals surface area (Å²) in [7, 11) is 0. The number of nitrogens with zero attached hydrogens (tertiary/aromatic N) is 3. The Morgan fingerprint density at radius 2 is 1.90 bits per heavy atom. The smallest absolute Gasteiger partial charge is 0.225 e. The van der Waals surface area contributed by atoms with Crippen molar-refractivity contribution in [2.45, 2.75) is 32.6 Å². The van der Waals surface area contributed by atoms with Gasteiger partial charge in [-0.3, -0.25) is 14.7 Å². The summed E-state index contributed by atoms with van der Waals surface area (Å²) < 4.78 is 13.7. The van der Waals surface area contributed by atoms with Gasteiger partial charge in [-0.1, -0.05) is 24.6 Å². The molecule has 1 aromatic rings. The lowest BCUT2D eigenvalue weighted by molar-refractivity contribution is -0.139. The molecule has 2 aliphatic rings. The molecule has 1 saturated carbocycles. The van der Waals surface area contributed by atoms with Crippen molar-refractivity contribution in [3.05, 3.63) is 35.6 Å². The number of carbonyl (C=O) groups excluding carboxylic acids is 1. The van der Waals surface area contributed by atoms with Crippen molar-refractivity contribution in [2.75, 3.05) is 52.4 Å². The van der Waals surface area contributed by atoms with Crippen LogP contribution in [0.2, 0.25) is 0 Å². The average molecular weight is 531 g/mol. The number of guanidine groups is 1. The lowest BCUT2D eigenvalue weighted by Gasteiger charge is -2.38. The zero-order chi connectivity index (χ0) is 20.5. The molecule has 2 fully saturated rings. The van der Waals surface area contributed by atoms with Gasteiger partial charge in [-0.05, 0) is 37.8 Å². The zero-order valence-electron chi connectivity index (χ0n) is 17.9. The molecule has 1 saturated heterocycles. The lowest BCUT2D eigenvalue weighted by atomic mass is 9.84. The van der Waals surface area contributed by atoms with E-state index in [0.717, 1.165) is 58.1 Å². The molecule has 0 radical (unpaired) electrons. The summed E-state index contributed by atoms with van der Waals surface area (Å²) in [5.74, 6) is 1.26. The molecule has 1 heterocycles. The van der Waals surface area contributed by atoms with E-state index in [1.165, 1.54) is 12.5 Å². The van der Waals surface area contributed by atoms with E-state index in [1.807, 2.05) is 24.0 Å². The maximum Gasteiger partial charge on any atom is 0.225 e. The number of piperazine rings is 1. The maximum absolute atomic E-state index is 13.7. The topological polar surface area (TPSA) is 60.0 Å². The Balaban J connectivity index is 0.00000320. The van der Waals surface area contributed by atoms with E-state index in [9.17, 15) is 9.18 Å². The third-order valence-electron chi connectivity index (χ3n) is 5.81. The summed E-state index contributed by atoms with van der Waals surface area (Å²) in [5.41, 5.74) is 0.713. The quantitative estimate of drug-likeness (QED) is 0.308. The van der Waals surface area contributed by atoms with Crippen LogP contribution in [0.4, 0.5) is 4.39 Å². The average Bonchev–Trinajstić information content (AvgIpc) is 2.68. The fourth-order valence-electron chi connectivity index (χ4n) is 3.77. The monoisotopic (exact) mass is 531 g/mol. The normalized spacial score (nSPS) is 17.8. The van der Waals surface area contributed by atoms with Crippen LogP contribution in [0.3, 0.4) is 0 Å². The van der Waals surface area contributed by atoms with E-state index >= 15 is 0 Å². The molecular weight excluding hydrogens is 496 g/mol. The number of benzene rings is 1. The number of hydrogen-bond acceptors (Lipinski definition) is 3. The SMILES string of the molecule is CCNC(=NCCN1CCN(C(=O)C2CCC2)CC1)NCCc1ccccc1F.I. The van der Waals surface area contributed by atoms with Gasteiger partial charge < -0.3 is 15.5 Å². The minimum atomic E-state index is -0.161. The van der Waals surface area contributed by atoms with Gasteiger partial charge in [-0.25, -0.2) is 4.39 Å². The third kappa shape index (κ3) is 7.37. The van der Waals surface area contributed by atoms with Crippen molar-refractivity contribution in [1.29, 1.82) is 0 Å². The molecule has 3 rings (SSSR count). The number of amides is 1. The third-order valence-corrected chi connectivity index (χ3v) is 5.81. The first-order chi connectivity index (χ1) is 14.2. The molecule has 1 aliphatic heterocycles. The molecular formula is C22H35FIN5O. The first-order valence-electron chi connectivity index (χ1n) is 10.9. The van der Waals surface area contributed by atoms with E-state index in [1.54, 1.807) is 6.07 Å². The predicted octanol–water partition coefficient (Wildman–Crippen LogP) is 2.49. The second-order valence-corrected chi connectivity index (χ2v) is 7.82. The molecule has 0 aromatic heterocycles. The number of hydrogen-bond donors (Lipinski definition) is 2. The van der Waals surface area contributed by atoms with E-state index < -0.39 is 0 Å². The first kappa shape index (κ1) is 24.8. The second-order valence-electron chi connectivity index (χ2n) is 7.82. The number of carbonyl (C=O) groups is 1. The highest BCUT2D eigenvalue weighted by atomic mass is 127. The highest BCUT2D eigenvalue weighted by molar-refractivity contribution is 14.0. The van der Waals surface area contributed by atoms with Crippen LogP contribution >= 0.6 is 24.0 Å². The predicted molar refractivity (Wildman–Crippen MR) is 130 cm³/mol. The van der Waals surface area contributed by atoms with Gasteiger partial charge in [0, 0.05) is 51.7 Å². The Kier molecular flexibility index (Phi) is 10.8. The Morgan fingerprint density at radius 3 is 2.53 bits per heavy atom. The number of rotatable bonds is 8. The zero-order valence-corrected chi connectivity index (χ0v) is 20.2. The number of nitrogens with one attached hydrogen (secondary N) is 2. The standard InChI is InChI=1S/C22H34FN5O.HI/c1-2-24-22(25-11-10-18-6-3-4-9-20(18)23)26-12-13-27-14-16-28(17-15-27)21(29)19-7-5-8-19;/h3-4,6,9,19H,2,5,7-8,10-17H2,1H3,(H2,24,25,26);1H. The minimum Gasteiger partial charge on any atom is -0.357 e. The Morgan fingerprint density at radius 1 is 1.17 bits per heavy atom. The van der Waals surface area contributed by atoms with Crippen molar-refractivity contribution in [1.82, 2.24) is 20.4 Å². The van der Waals surface area contributed by atoms with Gasteiger partial charge in [0.15, 0.2) is 5.96 Å². The summed E-state index contributed by atoms with van der Waals surface area (Å²) >= 11 is 0. The van der Waals surface area contributed by atoms with Gasteiger partial charge in [0.25, 0.3) is 0 Å². The Labute approximate surface area is 196 Å². The lowest BCUT2D eigenvalue weighted by Crippen LogP contribution is -2.51. The molecule has 0 unspecified atom stereocenters. The largest absolute Gasteiger partial charge is 0.357 e. The maximum atomic E-state index is 13.7. The van der Waals surface area contributed by atoms with Gasteiger partial charge in [-0.15, -0.1) is 24.0 Å². The Bertz CT molecular complexity index is 690. The van der Waals surface area contributed by atoms with Crippen LogP contribution < -0.4 is 10.6 Å². The highest BCUT2D eigenvalue weighted by Crippen LogP contribution is 2.28. The fourth-order valence-corrected chi connectivity index (χ4v) is 3.77. The number of aliphatic imine (C=N–C) groups is 1. The van der Waals surface area contributed by atoms with Gasteiger partial charge >= 0.3 is 0 Å². The molecule has 1 aromatic carbocycles. The molecule has 2 N–H and O–H groups in total. The van der Waals surface area contributed by atoms with E-state index in [0.29, 0.717) is 36.9 Å². The van der Waals surface area contributed by atoms with Crippen LogP contribution in [-0.2, 0) is 11.2 Å². The van der Waals surface area contributed by atoms with E-state index in [2.05, 4.69) is 20.5 Å². The van der Waals surface area contributed by atoms with Gasteiger partial charge in [0.1, 0.15) is 5.82 Å². The molecule has 1 aliphatic carbocycles. The van der Waals surface area contributed by atoms with Crippen LogP contribution in [0.15, 0.2) is 29.3 Å². The highest BCUT2D eigenvalue weighted by Gasteiger charge is 2.30. The molecule has 30 heavy (non-hydrogen) atoms. The first-order valence-corrected chi connectivity index (χ1v) is 10.9. The van der Waals surface area contributed by atoms with E-state index in [-0.39, 0.29) is 29.8 Å². The van der Waals surface area contributed by atoms with Crippen molar-refractivity contribution >= 4 is 35.8 Å². The molecule has 8 heteroatoms. The van der Waals surface area contributed by atoms with Crippen molar-refractivity contribution in [3.63, 3.8) is 0 Å². The molecule has 168 valence electrons. The molecule has 1 amide bonds. The van der Waals surface area contributed by atoms with Crippen molar-refractivity contribution in [2.24, 2.45) is 10.9 Å². The molecule has 6 nitrogen and oxygen atoms in total. The fraction of sp³-hybridized carbons (Fsp3) is 0.636. The van der Waals surface area contributed by atoms with Crippen LogP contribution in [-0.4, -0.2) is 74.0 Å². The van der Waals surface area contributed by atoms with E-state index in [4.69, 9.17) is 0 Å². The Hall–Kier alpha value is -1.42. The molecule has 0 bridgehead atoms. The van der Waals surface area contributed by atoms with Gasteiger partial charge in [0.2, 0.25) is 5.91 Å². The molecule has 0 spiro atoms. The van der Waals surface area contributed by atoms with Gasteiger partial charge in [0.05, 0.1) is 6.54 Å². The summed E-state index contributed by atoms with van der Waals surface area (Å²) in [6.45, 7) is 8.55. The summed E-state index contributed by atoms with van der Waals surface area (Å²) in [6.07, 6.45) is 3.97.